The first-order valence-electron chi connectivity index (χ1n) is 8.24. The maximum atomic E-state index is 12.9. The van der Waals surface area contributed by atoms with E-state index in [0.717, 1.165) is 31.7 Å². The van der Waals surface area contributed by atoms with Crippen LogP contribution in [0.1, 0.15) is 59.3 Å². The Morgan fingerprint density at radius 3 is 2.19 bits per heavy atom. The Balaban J connectivity index is 0.00000161. The van der Waals surface area contributed by atoms with Gasteiger partial charge in [0.2, 0.25) is 5.91 Å². The van der Waals surface area contributed by atoms with Crippen LogP contribution in [0.2, 0.25) is 0 Å². The van der Waals surface area contributed by atoms with Gasteiger partial charge in [0, 0.05) is 12.6 Å². The van der Waals surface area contributed by atoms with Crippen LogP contribution in [-0.4, -0.2) is 25.5 Å². The highest BCUT2D eigenvalue weighted by Gasteiger charge is 2.62. The zero-order valence-corrected chi connectivity index (χ0v) is 14.7. The normalized spacial score (nSPS) is 45.0. The quantitative estimate of drug-likeness (QED) is 0.837. The molecule has 4 fully saturated rings. The minimum atomic E-state index is -0.0591. The average molecular weight is 315 g/mol. The smallest absolute Gasteiger partial charge is 0.226 e. The van der Waals surface area contributed by atoms with Crippen molar-refractivity contribution in [3.8, 4) is 0 Å². The van der Waals surface area contributed by atoms with Gasteiger partial charge in [-0.15, -0.1) is 12.4 Å². The second kappa shape index (κ2) is 5.42. The summed E-state index contributed by atoms with van der Waals surface area (Å²) in [6.45, 7) is 7.71. The molecule has 0 aromatic heterocycles. The lowest BCUT2D eigenvalue weighted by Crippen LogP contribution is -2.60. The number of rotatable bonds is 4. The van der Waals surface area contributed by atoms with Gasteiger partial charge in [0.25, 0.3) is 0 Å². The molecule has 4 rings (SSSR count). The molecule has 4 heteroatoms. The van der Waals surface area contributed by atoms with E-state index >= 15 is 0 Å². The van der Waals surface area contributed by atoms with E-state index in [1.165, 1.54) is 19.3 Å². The van der Waals surface area contributed by atoms with Crippen LogP contribution in [0.25, 0.3) is 0 Å². The molecule has 0 aromatic rings. The number of hydrogen-bond acceptors (Lipinski definition) is 2. The molecule has 2 N–H and O–H groups in total. The lowest BCUT2D eigenvalue weighted by molar-refractivity contribution is -0.170. The van der Waals surface area contributed by atoms with Gasteiger partial charge in [-0.2, -0.15) is 0 Å². The number of carbonyl (C=O) groups is 1. The number of nitrogens with one attached hydrogen (secondary N) is 2. The molecule has 4 saturated carbocycles. The Hall–Kier alpha value is -0.280. The molecule has 21 heavy (non-hydrogen) atoms. The Labute approximate surface area is 135 Å². The predicted octanol–water partition coefficient (Wildman–Crippen LogP) is 3.13. The lowest BCUT2D eigenvalue weighted by Gasteiger charge is -2.64. The summed E-state index contributed by atoms with van der Waals surface area (Å²) in [4.78, 5) is 12.9. The topological polar surface area (TPSA) is 41.1 Å². The third-order valence-corrected chi connectivity index (χ3v) is 6.17. The SMILES string of the molecule is CNC(C)CNC(=O)C12CC3CC(C)(CC(C)(C3)C1)C2.Cl. The number of hydrogen-bond donors (Lipinski definition) is 2. The van der Waals surface area contributed by atoms with Gasteiger partial charge in [0.1, 0.15) is 0 Å². The standard InChI is InChI=1S/C17H30N2O.ClH/c1-12(18-4)8-19-14(20)17-7-13-5-15(2,10-17)9-16(3,6-13)11-17;/h12-13,18H,5-11H2,1-4H3,(H,19,20);1H. The van der Waals surface area contributed by atoms with E-state index in [9.17, 15) is 4.79 Å². The molecule has 0 radical (unpaired) electrons. The molecule has 122 valence electrons. The van der Waals surface area contributed by atoms with E-state index in [0.29, 0.717) is 22.8 Å². The lowest BCUT2D eigenvalue weighted by atomic mass is 9.40. The predicted molar refractivity (Wildman–Crippen MR) is 88.6 cm³/mol. The molecule has 0 spiro atoms. The Morgan fingerprint density at radius 1 is 1.14 bits per heavy atom. The highest BCUT2D eigenvalue weighted by molar-refractivity contribution is 5.85. The van der Waals surface area contributed by atoms with Crippen molar-refractivity contribution in [2.75, 3.05) is 13.6 Å². The Morgan fingerprint density at radius 2 is 1.71 bits per heavy atom. The Kier molecular flexibility index (Phi) is 4.41. The Bertz CT molecular complexity index is 407. The average Bonchev–Trinajstić information content (AvgIpc) is 2.30. The summed E-state index contributed by atoms with van der Waals surface area (Å²) in [6, 6.07) is 0.346. The molecule has 3 atom stereocenters. The fourth-order valence-electron chi connectivity index (χ4n) is 6.24. The van der Waals surface area contributed by atoms with Crippen LogP contribution >= 0.6 is 12.4 Å². The van der Waals surface area contributed by atoms with Crippen molar-refractivity contribution >= 4 is 18.3 Å². The van der Waals surface area contributed by atoms with E-state index in [1.54, 1.807) is 0 Å². The maximum Gasteiger partial charge on any atom is 0.226 e. The van der Waals surface area contributed by atoms with Crippen molar-refractivity contribution in [2.45, 2.75) is 65.3 Å². The fraction of sp³-hybridized carbons (Fsp3) is 0.941. The highest BCUT2D eigenvalue weighted by Crippen LogP contribution is 2.69. The van der Waals surface area contributed by atoms with Crippen LogP contribution in [0.3, 0.4) is 0 Å². The minimum Gasteiger partial charge on any atom is -0.354 e. The van der Waals surface area contributed by atoms with Crippen molar-refractivity contribution in [1.82, 2.24) is 10.6 Å². The van der Waals surface area contributed by atoms with Crippen molar-refractivity contribution in [2.24, 2.45) is 22.2 Å². The second-order valence-electron chi connectivity index (χ2n) is 8.81. The van der Waals surface area contributed by atoms with Gasteiger partial charge in [0.15, 0.2) is 0 Å². The fourth-order valence-corrected chi connectivity index (χ4v) is 6.24. The first kappa shape index (κ1) is 17.1. The molecule has 3 unspecified atom stereocenters. The van der Waals surface area contributed by atoms with Crippen LogP contribution in [0.15, 0.2) is 0 Å². The van der Waals surface area contributed by atoms with Crippen LogP contribution < -0.4 is 10.6 Å². The van der Waals surface area contributed by atoms with E-state index in [1.807, 2.05) is 7.05 Å². The van der Waals surface area contributed by atoms with Gasteiger partial charge in [-0.25, -0.2) is 0 Å². The summed E-state index contributed by atoms with van der Waals surface area (Å²) in [5, 5.41) is 6.42. The van der Waals surface area contributed by atoms with E-state index < -0.39 is 0 Å². The summed E-state index contributed by atoms with van der Waals surface area (Å²) in [6.07, 6.45) is 7.41. The van der Waals surface area contributed by atoms with E-state index in [4.69, 9.17) is 0 Å². The largest absolute Gasteiger partial charge is 0.354 e. The van der Waals surface area contributed by atoms with Crippen LogP contribution in [0, 0.1) is 22.2 Å². The molecule has 0 aromatic carbocycles. The summed E-state index contributed by atoms with van der Waals surface area (Å²) in [7, 11) is 1.95. The molecule has 0 aliphatic heterocycles. The van der Waals surface area contributed by atoms with Crippen molar-refractivity contribution in [3.63, 3.8) is 0 Å². The van der Waals surface area contributed by atoms with Crippen LogP contribution in [0.4, 0.5) is 0 Å². The zero-order valence-electron chi connectivity index (χ0n) is 13.9. The zero-order chi connectivity index (χ0) is 14.6. The summed E-state index contributed by atoms with van der Waals surface area (Å²) < 4.78 is 0. The molecule has 4 aliphatic rings. The van der Waals surface area contributed by atoms with Crippen molar-refractivity contribution in [1.29, 1.82) is 0 Å². The molecule has 4 aliphatic carbocycles. The van der Waals surface area contributed by atoms with Gasteiger partial charge < -0.3 is 10.6 Å². The van der Waals surface area contributed by atoms with Crippen LogP contribution in [-0.2, 0) is 4.79 Å². The molecule has 0 saturated heterocycles. The second-order valence-corrected chi connectivity index (χ2v) is 8.81. The van der Waals surface area contributed by atoms with Gasteiger partial charge in [0.05, 0.1) is 5.41 Å². The minimum absolute atomic E-state index is 0. The van der Waals surface area contributed by atoms with E-state index in [2.05, 4.69) is 31.4 Å². The van der Waals surface area contributed by atoms with E-state index in [-0.39, 0.29) is 17.8 Å². The molecule has 4 bridgehead atoms. The molecule has 3 nitrogen and oxygen atoms in total. The van der Waals surface area contributed by atoms with Crippen molar-refractivity contribution < 1.29 is 4.79 Å². The monoisotopic (exact) mass is 314 g/mol. The molecular weight excluding hydrogens is 284 g/mol. The number of likely N-dealkylation sites (N-methyl/N-ethyl adjacent to an activating group) is 1. The summed E-state index contributed by atoms with van der Waals surface area (Å²) in [5.41, 5.74) is 0.774. The number of carbonyl (C=O) groups excluding carboxylic acids is 1. The first-order valence-corrected chi connectivity index (χ1v) is 8.24. The molecule has 0 heterocycles. The first-order chi connectivity index (χ1) is 9.28. The number of halogens is 1. The van der Waals surface area contributed by atoms with Crippen LogP contribution in [0.5, 0.6) is 0 Å². The van der Waals surface area contributed by atoms with Gasteiger partial charge in [-0.05, 0) is 69.2 Å². The highest BCUT2D eigenvalue weighted by atomic mass is 35.5. The maximum absolute atomic E-state index is 12.9. The third-order valence-electron chi connectivity index (χ3n) is 6.17. The summed E-state index contributed by atoms with van der Waals surface area (Å²) >= 11 is 0. The molecule has 1 amide bonds. The van der Waals surface area contributed by atoms with Gasteiger partial charge in [-0.1, -0.05) is 13.8 Å². The van der Waals surface area contributed by atoms with Gasteiger partial charge in [-0.3, -0.25) is 4.79 Å². The third kappa shape index (κ3) is 2.96. The van der Waals surface area contributed by atoms with Crippen molar-refractivity contribution in [3.05, 3.63) is 0 Å². The molecular formula is C17H31ClN2O. The van der Waals surface area contributed by atoms with Gasteiger partial charge >= 0.3 is 0 Å². The summed E-state index contributed by atoms with van der Waals surface area (Å²) in [5.74, 6) is 1.12. The number of amides is 1.